The van der Waals surface area contributed by atoms with Gasteiger partial charge >= 0.3 is 0 Å². The number of imide groups is 1. The molecule has 0 aromatic carbocycles. The monoisotopic (exact) mass is 258 g/mol. The molecule has 4 heterocycles. The van der Waals surface area contributed by atoms with Crippen LogP contribution < -0.4 is 0 Å². The van der Waals surface area contributed by atoms with Crippen molar-refractivity contribution in [1.29, 1.82) is 0 Å². The largest absolute Gasteiger partial charge is 0.373 e. The summed E-state index contributed by atoms with van der Waals surface area (Å²) in [5.74, 6) is -0.570. The average Bonchev–Trinajstić information content (AvgIpc) is 3.10. The van der Waals surface area contributed by atoms with Crippen LogP contribution in [0, 0.1) is 11.8 Å². The van der Waals surface area contributed by atoms with Crippen LogP contribution >= 0.6 is 0 Å². The Balaban J connectivity index is 1.61. The second kappa shape index (κ2) is 3.87. The van der Waals surface area contributed by atoms with Crippen LogP contribution in [0.4, 0.5) is 0 Å². The molecule has 1 aromatic rings. The van der Waals surface area contributed by atoms with Crippen LogP contribution in [-0.4, -0.2) is 33.9 Å². The molecule has 5 nitrogen and oxygen atoms in total. The summed E-state index contributed by atoms with van der Waals surface area (Å²) in [6.45, 7) is 0.354. The molecule has 0 N–H and O–H groups in total. The Bertz CT molecular complexity index is 517. The molecule has 2 amide bonds. The van der Waals surface area contributed by atoms with Gasteiger partial charge in [-0.15, -0.1) is 0 Å². The van der Waals surface area contributed by atoms with Crippen molar-refractivity contribution in [3.05, 3.63) is 30.1 Å². The fourth-order valence-corrected chi connectivity index (χ4v) is 3.60. The zero-order valence-electron chi connectivity index (χ0n) is 10.4. The fourth-order valence-electron chi connectivity index (χ4n) is 3.60. The van der Waals surface area contributed by atoms with Gasteiger partial charge in [0.25, 0.3) is 0 Å². The first-order chi connectivity index (χ1) is 9.25. The lowest BCUT2D eigenvalue weighted by Gasteiger charge is -2.17. The zero-order valence-corrected chi connectivity index (χ0v) is 10.4. The maximum atomic E-state index is 12.4. The Kier molecular flexibility index (Phi) is 2.26. The number of amides is 2. The third kappa shape index (κ3) is 1.48. The predicted molar refractivity (Wildman–Crippen MR) is 64.7 cm³/mol. The molecule has 3 aliphatic heterocycles. The van der Waals surface area contributed by atoms with E-state index in [1.807, 2.05) is 12.1 Å². The van der Waals surface area contributed by atoms with Gasteiger partial charge in [-0.1, -0.05) is 0 Å². The highest BCUT2D eigenvalue weighted by atomic mass is 16.5. The molecule has 0 radical (unpaired) electrons. The van der Waals surface area contributed by atoms with Crippen molar-refractivity contribution in [3.63, 3.8) is 0 Å². The molecule has 3 aliphatic rings. The van der Waals surface area contributed by atoms with Crippen molar-refractivity contribution in [2.24, 2.45) is 11.8 Å². The second-order valence-corrected chi connectivity index (χ2v) is 5.46. The summed E-state index contributed by atoms with van der Waals surface area (Å²) in [6, 6.07) is 3.67. The molecule has 0 spiro atoms. The molecule has 4 rings (SSSR count). The molecule has 1 aromatic heterocycles. The van der Waals surface area contributed by atoms with Crippen molar-refractivity contribution in [2.45, 2.75) is 31.6 Å². The van der Waals surface area contributed by atoms with E-state index in [2.05, 4.69) is 4.98 Å². The van der Waals surface area contributed by atoms with Crippen LogP contribution in [0.1, 0.15) is 18.4 Å². The van der Waals surface area contributed by atoms with Crippen molar-refractivity contribution in [3.8, 4) is 0 Å². The summed E-state index contributed by atoms with van der Waals surface area (Å²) < 4.78 is 5.70. The summed E-state index contributed by atoms with van der Waals surface area (Å²) >= 11 is 0. The van der Waals surface area contributed by atoms with Crippen LogP contribution in [0.3, 0.4) is 0 Å². The number of aromatic nitrogens is 1. The molecular formula is C14H14N2O3. The Hall–Kier alpha value is -1.75. The summed E-state index contributed by atoms with van der Waals surface area (Å²) in [7, 11) is 0. The van der Waals surface area contributed by atoms with Crippen LogP contribution in [0.15, 0.2) is 24.5 Å². The molecule has 2 bridgehead atoms. The number of carbonyl (C=O) groups excluding carboxylic acids is 2. The van der Waals surface area contributed by atoms with Crippen molar-refractivity contribution in [2.75, 3.05) is 0 Å². The van der Waals surface area contributed by atoms with E-state index in [-0.39, 0.29) is 35.9 Å². The maximum Gasteiger partial charge on any atom is 0.236 e. The van der Waals surface area contributed by atoms with E-state index in [0.29, 0.717) is 6.54 Å². The Labute approximate surface area is 110 Å². The average molecular weight is 258 g/mol. The first-order valence-corrected chi connectivity index (χ1v) is 6.65. The summed E-state index contributed by atoms with van der Waals surface area (Å²) in [4.78, 5) is 30.1. The lowest BCUT2D eigenvalue weighted by atomic mass is 9.81. The minimum Gasteiger partial charge on any atom is -0.373 e. The van der Waals surface area contributed by atoms with Crippen molar-refractivity contribution < 1.29 is 14.3 Å². The van der Waals surface area contributed by atoms with Crippen molar-refractivity contribution >= 4 is 11.8 Å². The molecule has 98 valence electrons. The van der Waals surface area contributed by atoms with Gasteiger partial charge in [-0.25, -0.2) is 0 Å². The Morgan fingerprint density at radius 3 is 2.26 bits per heavy atom. The summed E-state index contributed by atoms with van der Waals surface area (Å²) in [6.07, 6.45) is 5.10. The molecule has 0 saturated carbocycles. The molecule has 4 atom stereocenters. The first kappa shape index (κ1) is 11.1. The number of hydrogen-bond acceptors (Lipinski definition) is 4. The van der Waals surface area contributed by atoms with E-state index < -0.39 is 0 Å². The highest BCUT2D eigenvalue weighted by Gasteiger charge is 2.62. The van der Waals surface area contributed by atoms with Gasteiger partial charge < -0.3 is 4.74 Å². The van der Waals surface area contributed by atoms with Crippen LogP contribution in [0.5, 0.6) is 0 Å². The van der Waals surface area contributed by atoms with E-state index in [9.17, 15) is 9.59 Å². The molecule has 0 unspecified atom stereocenters. The number of hydrogen-bond donors (Lipinski definition) is 0. The maximum absolute atomic E-state index is 12.4. The van der Waals surface area contributed by atoms with Gasteiger partial charge in [-0.05, 0) is 30.5 Å². The molecule has 5 heteroatoms. The summed E-state index contributed by atoms with van der Waals surface area (Å²) in [5.41, 5.74) is 0.935. The number of nitrogens with zero attached hydrogens (tertiary/aromatic N) is 2. The topological polar surface area (TPSA) is 59.5 Å². The highest BCUT2D eigenvalue weighted by Crippen LogP contribution is 2.48. The summed E-state index contributed by atoms with van der Waals surface area (Å²) in [5, 5.41) is 0. The van der Waals surface area contributed by atoms with Gasteiger partial charge in [0, 0.05) is 12.4 Å². The number of ether oxygens (including phenoxy) is 1. The highest BCUT2D eigenvalue weighted by molar-refractivity contribution is 6.06. The van der Waals surface area contributed by atoms with Gasteiger partial charge in [0.05, 0.1) is 30.6 Å². The minimum absolute atomic E-state index is 0.0334. The van der Waals surface area contributed by atoms with Crippen LogP contribution in [-0.2, 0) is 20.9 Å². The molecule has 3 saturated heterocycles. The van der Waals surface area contributed by atoms with E-state index in [0.717, 1.165) is 18.4 Å². The van der Waals surface area contributed by atoms with Crippen LogP contribution in [0.2, 0.25) is 0 Å². The number of carbonyl (C=O) groups is 2. The lowest BCUT2D eigenvalue weighted by Crippen LogP contribution is -2.33. The number of pyridine rings is 1. The number of rotatable bonds is 2. The van der Waals surface area contributed by atoms with Gasteiger partial charge in [0.15, 0.2) is 0 Å². The second-order valence-electron chi connectivity index (χ2n) is 5.46. The predicted octanol–water partition coefficient (Wildman–Crippen LogP) is 0.744. The first-order valence-electron chi connectivity index (χ1n) is 6.65. The number of likely N-dealkylation sites (tertiary alicyclic amines) is 1. The van der Waals surface area contributed by atoms with Gasteiger partial charge in [0.2, 0.25) is 11.8 Å². The molecule has 3 fully saturated rings. The third-order valence-electron chi connectivity index (χ3n) is 4.47. The van der Waals surface area contributed by atoms with Gasteiger partial charge in [-0.3, -0.25) is 19.5 Å². The lowest BCUT2D eigenvalue weighted by molar-refractivity contribution is -0.143. The van der Waals surface area contributed by atoms with E-state index in [4.69, 9.17) is 4.74 Å². The van der Waals surface area contributed by atoms with Crippen LogP contribution in [0.25, 0.3) is 0 Å². The third-order valence-corrected chi connectivity index (χ3v) is 4.47. The van der Waals surface area contributed by atoms with E-state index in [1.165, 1.54) is 4.90 Å². The van der Waals surface area contributed by atoms with Crippen molar-refractivity contribution in [1.82, 2.24) is 9.88 Å². The zero-order chi connectivity index (χ0) is 13.0. The SMILES string of the molecule is O=C1[C@@H]2[C@H](C(=O)N1Cc1ccncc1)[C@H]1CC[C@H]2O1. The van der Waals surface area contributed by atoms with E-state index >= 15 is 0 Å². The number of fused-ring (bicyclic) bond motifs is 5. The smallest absolute Gasteiger partial charge is 0.236 e. The minimum atomic E-state index is -0.229. The normalized spacial score (nSPS) is 36.1. The molecule has 0 aliphatic carbocycles. The van der Waals surface area contributed by atoms with Gasteiger partial charge in [-0.2, -0.15) is 0 Å². The van der Waals surface area contributed by atoms with E-state index in [1.54, 1.807) is 12.4 Å². The molecule has 19 heavy (non-hydrogen) atoms. The quantitative estimate of drug-likeness (QED) is 0.734. The molecular weight excluding hydrogens is 244 g/mol. The van der Waals surface area contributed by atoms with Gasteiger partial charge in [0.1, 0.15) is 0 Å². The standard InChI is InChI=1S/C14H14N2O3/c17-13-11-9-1-2-10(19-9)12(11)14(18)16(13)7-8-3-5-15-6-4-8/h3-6,9-12H,1-2,7H2/t9-,10-,11-,12+/m1/s1. The Morgan fingerprint density at radius 1 is 1.11 bits per heavy atom. The fraction of sp³-hybridized carbons (Fsp3) is 0.500. The Morgan fingerprint density at radius 2 is 1.68 bits per heavy atom.